The van der Waals surface area contributed by atoms with Gasteiger partial charge in [0, 0.05) is 19.6 Å². The third-order valence-electron chi connectivity index (χ3n) is 3.27. The monoisotopic (exact) mass is 285 g/mol. The summed E-state index contributed by atoms with van der Waals surface area (Å²) >= 11 is 0. The van der Waals surface area contributed by atoms with Gasteiger partial charge < -0.3 is 20.3 Å². The van der Waals surface area contributed by atoms with Gasteiger partial charge in [0.15, 0.2) is 0 Å². The van der Waals surface area contributed by atoms with E-state index >= 15 is 0 Å². The van der Waals surface area contributed by atoms with Crippen molar-refractivity contribution in [1.29, 1.82) is 0 Å². The summed E-state index contributed by atoms with van der Waals surface area (Å²) in [5.74, 6) is -0.0623. The van der Waals surface area contributed by atoms with Gasteiger partial charge in [0.25, 0.3) is 0 Å². The van der Waals surface area contributed by atoms with E-state index in [9.17, 15) is 9.59 Å². The lowest BCUT2D eigenvalue weighted by Gasteiger charge is -2.30. The maximum atomic E-state index is 12.2. The summed E-state index contributed by atoms with van der Waals surface area (Å²) in [7, 11) is 0. The van der Waals surface area contributed by atoms with E-state index in [1.54, 1.807) is 16.7 Å². The summed E-state index contributed by atoms with van der Waals surface area (Å²) in [5.41, 5.74) is 5.11. The summed E-state index contributed by atoms with van der Waals surface area (Å²) in [6, 6.07) is -0.483. The molecule has 20 heavy (non-hydrogen) atoms. The minimum Gasteiger partial charge on any atom is -0.444 e. The molecule has 1 heterocycles. The van der Waals surface area contributed by atoms with E-state index in [2.05, 4.69) is 0 Å². The van der Waals surface area contributed by atoms with Crippen LogP contribution in [0.3, 0.4) is 0 Å². The Morgan fingerprint density at radius 2 is 2.05 bits per heavy atom. The Kier molecular flexibility index (Phi) is 5.39. The lowest BCUT2D eigenvalue weighted by molar-refractivity contribution is -0.131. The van der Waals surface area contributed by atoms with Crippen molar-refractivity contribution >= 4 is 12.0 Å². The average molecular weight is 285 g/mol. The maximum absolute atomic E-state index is 12.2. The molecule has 0 aromatic carbocycles. The van der Waals surface area contributed by atoms with Crippen LogP contribution in [0.2, 0.25) is 0 Å². The predicted octanol–water partition coefficient (Wildman–Crippen LogP) is 1.19. The average Bonchev–Trinajstić information content (AvgIpc) is 2.75. The van der Waals surface area contributed by atoms with Crippen LogP contribution in [0.15, 0.2) is 0 Å². The van der Waals surface area contributed by atoms with Crippen molar-refractivity contribution in [3.63, 3.8) is 0 Å². The van der Waals surface area contributed by atoms with Gasteiger partial charge in [-0.25, -0.2) is 4.79 Å². The zero-order valence-electron chi connectivity index (χ0n) is 13.2. The number of ether oxygens (including phenoxy) is 1. The third-order valence-corrected chi connectivity index (χ3v) is 3.27. The number of amides is 2. The topological polar surface area (TPSA) is 75.9 Å². The maximum Gasteiger partial charge on any atom is 0.410 e. The van der Waals surface area contributed by atoms with E-state index in [-0.39, 0.29) is 18.0 Å². The highest BCUT2D eigenvalue weighted by Gasteiger charge is 2.34. The first-order valence-electron chi connectivity index (χ1n) is 7.19. The first-order valence-corrected chi connectivity index (χ1v) is 7.19. The van der Waals surface area contributed by atoms with Crippen LogP contribution >= 0.6 is 0 Å². The first kappa shape index (κ1) is 16.8. The van der Waals surface area contributed by atoms with Crippen LogP contribution in [0.1, 0.15) is 41.0 Å². The molecule has 1 aliphatic heterocycles. The quantitative estimate of drug-likeness (QED) is 0.845. The third kappa shape index (κ3) is 4.37. The van der Waals surface area contributed by atoms with Crippen LogP contribution < -0.4 is 5.73 Å². The molecule has 2 amide bonds. The van der Waals surface area contributed by atoms with Crippen LogP contribution in [-0.2, 0) is 9.53 Å². The lowest BCUT2D eigenvalue weighted by Crippen LogP contribution is -2.46. The van der Waals surface area contributed by atoms with Crippen LogP contribution in [-0.4, -0.2) is 59.1 Å². The number of hydrogen-bond donors (Lipinski definition) is 1. The Balaban J connectivity index is 2.64. The van der Waals surface area contributed by atoms with Gasteiger partial charge in [-0.05, 0) is 41.0 Å². The van der Waals surface area contributed by atoms with Crippen LogP contribution in [0, 0.1) is 0 Å². The van der Waals surface area contributed by atoms with Crippen molar-refractivity contribution in [1.82, 2.24) is 9.80 Å². The zero-order chi connectivity index (χ0) is 15.5. The second-order valence-corrected chi connectivity index (χ2v) is 6.28. The molecule has 0 bridgehead atoms. The number of nitrogens with zero attached hydrogens (tertiary/aromatic N) is 2. The van der Waals surface area contributed by atoms with Crippen molar-refractivity contribution in [3.8, 4) is 0 Å². The standard InChI is InChI=1S/C14H27N3O3/c1-6-17(13(19)20-14(3,4)5)11-7-8-16(9-11)12(18)10(2)15/h10-11H,6-9,15H2,1-5H3/t10-,11?/m0/s1. The van der Waals surface area contributed by atoms with E-state index in [1.807, 2.05) is 27.7 Å². The zero-order valence-corrected chi connectivity index (χ0v) is 13.2. The molecule has 0 saturated carbocycles. The molecule has 0 aromatic rings. The van der Waals surface area contributed by atoms with Gasteiger partial charge in [-0.2, -0.15) is 0 Å². The van der Waals surface area contributed by atoms with E-state index in [4.69, 9.17) is 10.5 Å². The summed E-state index contributed by atoms with van der Waals surface area (Å²) in [6.07, 6.45) is 0.450. The molecule has 2 N–H and O–H groups in total. The number of likely N-dealkylation sites (N-methyl/N-ethyl adjacent to an activating group) is 1. The Bertz CT molecular complexity index is 363. The minimum absolute atomic E-state index is 0.0116. The van der Waals surface area contributed by atoms with Gasteiger partial charge in [0.2, 0.25) is 5.91 Å². The minimum atomic E-state index is -0.510. The van der Waals surface area contributed by atoms with Crippen molar-refractivity contribution in [2.75, 3.05) is 19.6 Å². The molecule has 1 aliphatic rings. The summed E-state index contributed by atoms with van der Waals surface area (Å²) in [4.78, 5) is 27.4. The highest BCUT2D eigenvalue weighted by atomic mass is 16.6. The second kappa shape index (κ2) is 6.43. The summed E-state index contributed by atoms with van der Waals surface area (Å²) in [6.45, 7) is 10.9. The molecule has 0 spiro atoms. The van der Waals surface area contributed by atoms with Crippen LogP contribution in [0.4, 0.5) is 4.79 Å². The van der Waals surface area contributed by atoms with Crippen LogP contribution in [0.25, 0.3) is 0 Å². The number of likely N-dealkylation sites (tertiary alicyclic amines) is 1. The number of hydrogen-bond acceptors (Lipinski definition) is 4. The van der Waals surface area contributed by atoms with Crippen molar-refractivity contribution in [2.45, 2.75) is 58.7 Å². The van der Waals surface area contributed by atoms with Crippen LogP contribution in [0.5, 0.6) is 0 Å². The Morgan fingerprint density at radius 1 is 1.45 bits per heavy atom. The SMILES string of the molecule is CCN(C(=O)OC(C)(C)C)C1CCN(C(=O)[C@H](C)N)C1. The molecule has 0 aliphatic carbocycles. The highest BCUT2D eigenvalue weighted by Crippen LogP contribution is 2.19. The normalized spacial score (nSPS) is 20.7. The van der Waals surface area contributed by atoms with E-state index in [0.717, 1.165) is 6.42 Å². The number of carbonyl (C=O) groups is 2. The first-order chi connectivity index (χ1) is 9.15. The van der Waals surface area contributed by atoms with Crippen molar-refractivity contribution in [3.05, 3.63) is 0 Å². The fourth-order valence-corrected chi connectivity index (χ4v) is 2.34. The van der Waals surface area contributed by atoms with E-state index in [0.29, 0.717) is 19.6 Å². The van der Waals surface area contributed by atoms with Gasteiger partial charge in [-0.15, -0.1) is 0 Å². The molecule has 116 valence electrons. The molecule has 0 aromatic heterocycles. The molecule has 2 atom stereocenters. The second-order valence-electron chi connectivity index (χ2n) is 6.28. The van der Waals surface area contributed by atoms with Gasteiger partial charge in [-0.3, -0.25) is 4.79 Å². The number of carbonyl (C=O) groups excluding carboxylic acids is 2. The molecule has 1 unspecified atom stereocenters. The fourth-order valence-electron chi connectivity index (χ4n) is 2.34. The Hall–Kier alpha value is -1.30. The van der Waals surface area contributed by atoms with E-state index in [1.165, 1.54) is 0 Å². The van der Waals surface area contributed by atoms with Gasteiger partial charge >= 0.3 is 6.09 Å². The lowest BCUT2D eigenvalue weighted by atomic mass is 10.2. The van der Waals surface area contributed by atoms with Crippen molar-refractivity contribution in [2.24, 2.45) is 5.73 Å². The molecule has 0 radical (unpaired) electrons. The van der Waals surface area contributed by atoms with Gasteiger partial charge in [-0.1, -0.05) is 0 Å². The largest absolute Gasteiger partial charge is 0.444 e. The van der Waals surface area contributed by atoms with E-state index < -0.39 is 11.6 Å². The molecular formula is C14H27N3O3. The Morgan fingerprint density at radius 3 is 2.50 bits per heavy atom. The molecule has 1 rings (SSSR count). The molecule has 1 fully saturated rings. The molecular weight excluding hydrogens is 258 g/mol. The number of nitrogens with two attached hydrogens (primary N) is 1. The summed E-state index contributed by atoms with van der Waals surface area (Å²) in [5, 5.41) is 0. The Labute approximate surface area is 121 Å². The fraction of sp³-hybridized carbons (Fsp3) is 0.857. The summed E-state index contributed by atoms with van der Waals surface area (Å²) < 4.78 is 5.41. The van der Waals surface area contributed by atoms with Gasteiger partial charge in [0.05, 0.1) is 12.1 Å². The smallest absolute Gasteiger partial charge is 0.410 e. The van der Waals surface area contributed by atoms with Crippen molar-refractivity contribution < 1.29 is 14.3 Å². The molecule has 6 heteroatoms. The number of rotatable bonds is 3. The molecule has 6 nitrogen and oxygen atoms in total. The van der Waals surface area contributed by atoms with Gasteiger partial charge in [0.1, 0.15) is 5.60 Å². The highest BCUT2D eigenvalue weighted by molar-refractivity contribution is 5.81. The predicted molar refractivity (Wildman–Crippen MR) is 77.2 cm³/mol. The molecule has 1 saturated heterocycles.